The van der Waals surface area contributed by atoms with Crippen molar-refractivity contribution in [3.8, 4) is 5.75 Å². The molecule has 0 aliphatic heterocycles. The molecule has 1 heterocycles. The highest BCUT2D eigenvalue weighted by molar-refractivity contribution is 5.88. The molecule has 5 nitrogen and oxygen atoms in total. The average Bonchev–Trinajstić information content (AvgIpc) is 2.18. The zero-order valence-electron chi connectivity index (χ0n) is 7.34. The molecule has 0 atom stereocenters. The molecule has 1 aromatic carbocycles. The maximum absolute atomic E-state index is 8.57. The number of aliphatic hydroxyl groups is 1. The number of hydrogen-bond donors (Lipinski definition) is 2. The van der Waals surface area contributed by atoms with Gasteiger partial charge in [0, 0.05) is 11.5 Å². The van der Waals surface area contributed by atoms with Gasteiger partial charge in [-0.25, -0.2) is 9.97 Å². The minimum atomic E-state index is -0.355. The van der Waals surface area contributed by atoms with Gasteiger partial charge in [-0.1, -0.05) is 0 Å². The molecule has 0 bridgehead atoms. The van der Waals surface area contributed by atoms with Crippen LogP contribution in [0.25, 0.3) is 10.9 Å². The zero-order valence-corrected chi connectivity index (χ0v) is 7.34. The van der Waals surface area contributed by atoms with Crippen LogP contribution in [0.1, 0.15) is 0 Å². The number of ether oxygens (including phenoxy) is 1. The lowest BCUT2D eigenvalue weighted by atomic mass is 10.2. The van der Waals surface area contributed by atoms with Crippen molar-refractivity contribution in [1.82, 2.24) is 9.97 Å². The molecule has 0 radical (unpaired) electrons. The highest BCUT2D eigenvalue weighted by atomic mass is 16.6. The van der Waals surface area contributed by atoms with Gasteiger partial charge in [0.25, 0.3) is 0 Å². The molecule has 0 spiro atoms. The molecule has 0 aliphatic carbocycles. The topological polar surface area (TPSA) is 81.3 Å². The number of nitrogens with zero attached hydrogens (tertiary/aromatic N) is 2. The van der Waals surface area contributed by atoms with E-state index in [1.54, 1.807) is 18.2 Å². The Hall–Kier alpha value is -1.88. The molecule has 0 unspecified atom stereocenters. The van der Waals surface area contributed by atoms with Crippen molar-refractivity contribution in [2.24, 2.45) is 0 Å². The van der Waals surface area contributed by atoms with Crippen LogP contribution >= 0.6 is 0 Å². The predicted molar refractivity (Wildman–Crippen MR) is 51.7 cm³/mol. The van der Waals surface area contributed by atoms with Crippen molar-refractivity contribution in [2.75, 3.05) is 12.5 Å². The molecule has 2 aromatic rings. The van der Waals surface area contributed by atoms with Gasteiger partial charge in [-0.2, -0.15) is 0 Å². The fraction of sp³-hybridized carbons (Fsp3) is 0.111. The summed E-state index contributed by atoms with van der Waals surface area (Å²) in [5.41, 5.74) is 6.34. The lowest BCUT2D eigenvalue weighted by molar-refractivity contribution is 0.0987. The van der Waals surface area contributed by atoms with Crippen molar-refractivity contribution < 1.29 is 9.84 Å². The van der Waals surface area contributed by atoms with Gasteiger partial charge in [0.2, 0.25) is 0 Å². The lowest BCUT2D eigenvalue weighted by Gasteiger charge is -2.04. The number of nitrogens with two attached hydrogens (primary N) is 1. The third kappa shape index (κ3) is 1.45. The lowest BCUT2D eigenvalue weighted by Crippen LogP contribution is -1.96. The minimum absolute atomic E-state index is 0.355. The molecule has 0 aliphatic rings. The van der Waals surface area contributed by atoms with Gasteiger partial charge in [-0.05, 0) is 12.1 Å². The van der Waals surface area contributed by atoms with E-state index < -0.39 is 0 Å². The monoisotopic (exact) mass is 191 g/mol. The first-order chi connectivity index (χ1) is 6.81. The number of nitrogen functional groups attached to an aromatic ring is 1. The van der Waals surface area contributed by atoms with Crippen LogP contribution in [0.15, 0.2) is 24.5 Å². The van der Waals surface area contributed by atoms with E-state index in [4.69, 9.17) is 15.6 Å². The Morgan fingerprint density at radius 1 is 1.36 bits per heavy atom. The normalized spacial score (nSPS) is 10.4. The smallest absolute Gasteiger partial charge is 0.186 e. The molecule has 5 heteroatoms. The van der Waals surface area contributed by atoms with Crippen molar-refractivity contribution in [1.29, 1.82) is 0 Å². The summed E-state index contributed by atoms with van der Waals surface area (Å²) in [4.78, 5) is 7.89. The number of hydrogen-bond acceptors (Lipinski definition) is 5. The van der Waals surface area contributed by atoms with Crippen molar-refractivity contribution in [3.05, 3.63) is 24.5 Å². The number of aromatic nitrogens is 2. The van der Waals surface area contributed by atoms with Gasteiger partial charge < -0.3 is 15.6 Å². The molecular weight excluding hydrogens is 182 g/mol. The molecule has 72 valence electrons. The Labute approximate surface area is 80.2 Å². The number of aliphatic hydroxyl groups excluding tert-OH is 1. The van der Waals surface area contributed by atoms with Crippen LogP contribution in [0, 0.1) is 0 Å². The van der Waals surface area contributed by atoms with Crippen LogP contribution in [0.4, 0.5) is 5.82 Å². The van der Waals surface area contributed by atoms with E-state index in [-0.39, 0.29) is 6.79 Å². The molecule has 2 rings (SSSR count). The van der Waals surface area contributed by atoms with Crippen LogP contribution < -0.4 is 10.5 Å². The predicted octanol–water partition coefficient (Wildman–Crippen LogP) is 0.541. The number of fused-ring (bicyclic) bond motifs is 1. The summed E-state index contributed by atoms with van der Waals surface area (Å²) in [5.74, 6) is 0.989. The van der Waals surface area contributed by atoms with Gasteiger partial charge in [0.05, 0.1) is 5.52 Å². The van der Waals surface area contributed by atoms with Crippen LogP contribution in [0.2, 0.25) is 0 Å². The molecular formula is C9H9N3O2. The van der Waals surface area contributed by atoms with Gasteiger partial charge in [-0.15, -0.1) is 0 Å². The van der Waals surface area contributed by atoms with Crippen molar-refractivity contribution in [2.45, 2.75) is 0 Å². The average molecular weight is 191 g/mol. The number of rotatable bonds is 2. The van der Waals surface area contributed by atoms with Gasteiger partial charge >= 0.3 is 0 Å². The third-order valence-corrected chi connectivity index (χ3v) is 1.87. The Morgan fingerprint density at radius 2 is 2.21 bits per heavy atom. The Bertz CT molecular complexity index is 459. The second-order valence-electron chi connectivity index (χ2n) is 2.71. The fourth-order valence-electron chi connectivity index (χ4n) is 1.22. The first kappa shape index (κ1) is 8.71. The Kier molecular flexibility index (Phi) is 2.16. The summed E-state index contributed by atoms with van der Waals surface area (Å²) in [7, 11) is 0. The van der Waals surface area contributed by atoms with E-state index in [0.29, 0.717) is 17.1 Å². The summed E-state index contributed by atoms with van der Waals surface area (Å²) < 4.78 is 4.91. The molecule has 0 amide bonds. The zero-order chi connectivity index (χ0) is 9.97. The van der Waals surface area contributed by atoms with Gasteiger partial charge in [0.15, 0.2) is 6.79 Å². The molecule has 0 fully saturated rings. The summed E-state index contributed by atoms with van der Waals surface area (Å²) in [5, 5.41) is 9.34. The van der Waals surface area contributed by atoms with Crippen molar-refractivity contribution >= 4 is 16.7 Å². The Balaban J connectivity index is 2.56. The summed E-state index contributed by atoms with van der Waals surface area (Å²) in [6.07, 6.45) is 1.39. The van der Waals surface area contributed by atoms with Crippen molar-refractivity contribution in [3.63, 3.8) is 0 Å². The number of benzene rings is 1. The summed E-state index contributed by atoms with van der Waals surface area (Å²) in [6, 6.07) is 5.16. The van der Waals surface area contributed by atoms with E-state index in [9.17, 15) is 0 Å². The highest BCUT2D eigenvalue weighted by Crippen LogP contribution is 2.21. The SMILES string of the molecule is Nc1ncnc2cc(OCO)ccc12. The van der Waals surface area contributed by atoms with Crippen LogP contribution in [0.3, 0.4) is 0 Å². The first-order valence-corrected chi connectivity index (χ1v) is 4.05. The quantitative estimate of drug-likeness (QED) is 0.677. The molecule has 0 saturated heterocycles. The summed E-state index contributed by atoms with van der Waals surface area (Å²) in [6.45, 7) is -0.355. The standard InChI is InChI=1S/C9H9N3O2/c10-9-7-2-1-6(14-5-13)3-8(7)11-4-12-9/h1-4,13H,5H2,(H2,10,11,12). The second-order valence-corrected chi connectivity index (χ2v) is 2.71. The molecule has 0 saturated carbocycles. The van der Waals surface area contributed by atoms with E-state index in [1.807, 2.05) is 0 Å². The van der Waals surface area contributed by atoms with Crippen LogP contribution in [-0.4, -0.2) is 21.9 Å². The van der Waals surface area contributed by atoms with Crippen LogP contribution in [-0.2, 0) is 0 Å². The van der Waals surface area contributed by atoms with Crippen LogP contribution in [0.5, 0.6) is 5.75 Å². The van der Waals surface area contributed by atoms with E-state index >= 15 is 0 Å². The second kappa shape index (κ2) is 3.47. The molecule has 3 N–H and O–H groups in total. The van der Waals surface area contributed by atoms with E-state index in [0.717, 1.165) is 5.39 Å². The Morgan fingerprint density at radius 3 is 3.00 bits per heavy atom. The fourth-order valence-corrected chi connectivity index (χ4v) is 1.22. The molecule has 1 aromatic heterocycles. The largest absolute Gasteiger partial charge is 0.468 e. The third-order valence-electron chi connectivity index (χ3n) is 1.87. The minimum Gasteiger partial charge on any atom is -0.468 e. The summed E-state index contributed by atoms with van der Waals surface area (Å²) >= 11 is 0. The highest BCUT2D eigenvalue weighted by Gasteiger charge is 2.01. The molecule has 14 heavy (non-hydrogen) atoms. The van der Waals surface area contributed by atoms with Gasteiger partial charge in [0.1, 0.15) is 17.9 Å². The van der Waals surface area contributed by atoms with Gasteiger partial charge in [-0.3, -0.25) is 0 Å². The number of anilines is 1. The van der Waals surface area contributed by atoms with E-state index in [2.05, 4.69) is 9.97 Å². The first-order valence-electron chi connectivity index (χ1n) is 4.05. The maximum Gasteiger partial charge on any atom is 0.186 e. The maximum atomic E-state index is 8.57. The van der Waals surface area contributed by atoms with E-state index in [1.165, 1.54) is 6.33 Å².